The molecule has 1 aromatic rings. The molecule has 1 aromatic carbocycles. The van der Waals surface area contributed by atoms with Crippen LogP contribution in [0.15, 0.2) is 18.2 Å². The number of aryl methyl sites for hydroxylation is 2. The van der Waals surface area contributed by atoms with Crippen molar-refractivity contribution in [2.45, 2.75) is 32.3 Å². The second kappa shape index (κ2) is 4.01. The Morgan fingerprint density at radius 3 is 2.93 bits per heavy atom. The molecule has 1 aliphatic rings. The number of hydrogen-bond donors (Lipinski definition) is 1. The normalized spacial score (nSPS) is 16.4. The fourth-order valence-corrected chi connectivity index (χ4v) is 1.89. The summed E-state index contributed by atoms with van der Waals surface area (Å²) < 4.78 is 5.54. The van der Waals surface area contributed by atoms with Gasteiger partial charge >= 0.3 is 0 Å². The van der Waals surface area contributed by atoms with Gasteiger partial charge in [0.1, 0.15) is 11.9 Å². The molecular weight excluding hydrogens is 176 g/mol. The van der Waals surface area contributed by atoms with Crippen LogP contribution in [0.5, 0.6) is 5.75 Å². The Morgan fingerprint density at radius 2 is 2.14 bits per heavy atom. The molecule has 0 amide bonds. The van der Waals surface area contributed by atoms with Crippen molar-refractivity contribution >= 4 is 0 Å². The van der Waals surface area contributed by atoms with Crippen LogP contribution in [-0.2, 0) is 12.8 Å². The first-order valence-corrected chi connectivity index (χ1v) is 5.19. The number of ether oxygens (including phenoxy) is 1. The molecule has 0 saturated heterocycles. The number of benzene rings is 1. The zero-order valence-electron chi connectivity index (χ0n) is 8.49. The molecule has 0 spiro atoms. The lowest BCUT2D eigenvalue weighted by atomic mass is 10.1. The van der Waals surface area contributed by atoms with Gasteiger partial charge in [0.05, 0.1) is 6.61 Å². The molecule has 2 heteroatoms. The average molecular weight is 192 g/mol. The van der Waals surface area contributed by atoms with Crippen LogP contribution in [0.2, 0.25) is 0 Å². The predicted octanol–water partition coefficient (Wildman–Crippen LogP) is 1.93. The van der Waals surface area contributed by atoms with E-state index in [1.165, 1.54) is 30.4 Å². The highest BCUT2D eigenvalue weighted by molar-refractivity contribution is 5.38. The summed E-state index contributed by atoms with van der Waals surface area (Å²) in [7, 11) is 0. The number of aliphatic hydroxyl groups is 1. The van der Waals surface area contributed by atoms with E-state index in [-0.39, 0.29) is 12.7 Å². The van der Waals surface area contributed by atoms with E-state index >= 15 is 0 Å². The molecule has 1 aliphatic carbocycles. The molecule has 1 atom stereocenters. The van der Waals surface area contributed by atoms with Gasteiger partial charge in [-0.1, -0.05) is 6.07 Å². The first kappa shape index (κ1) is 9.53. The zero-order chi connectivity index (χ0) is 9.97. The molecule has 1 N–H and O–H groups in total. The number of rotatable bonds is 3. The summed E-state index contributed by atoms with van der Waals surface area (Å²) in [6.07, 6.45) is 3.51. The van der Waals surface area contributed by atoms with Gasteiger partial charge in [-0.15, -0.1) is 0 Å². The molecule has 0 heterocycles. The highest BCUT2D eigenvalue weighted by Crippen LogP contribution is 2.26. The monoisotopic (exact) mass is 192 g/mol. The molecule has 2 nitrogen and oxygen atoms in total. The van der Waals surface area contributed by atoms with E-state index in [4.69, 9.17) is 9.84 Å². The lowest BCUT2D eigenvalue weighted by Gasteiger charge is -2.12. The predicted molar refractivity (Wildman–Crippen MR) is 55.6 cm³/mol. The van der Waals surface area contributed by atoms with Crippen LogP contribution in [0.25, 0.3) is 0 Å². The Bertz CT molecular complexity index is 320. The fraction of sp³-hybridized carbons (Fsp3) is 0.500. The second-order valence-corrected chi connectivity index (χ2v) is 3.90. The van der Waals surface area contributed by atoms with E-state index in [9.17, 15) is 0 Å². The quantitative estimate of drug-likeness (QED) is 0.793. The summed E-state index contributed by atoms with van der Waals surface area (Å²) in [5.41, 5.74) is 2.86. The van der Waals surface area contributed by atoms with Gasteiger partial charge in [0, 0.05) is 0 Å². The molecule has 14 heavy (non-hydrogen) atoms. The third-order valence-electron chi connectivity index (χ3n) is 2.66. The van der Waals surface area contributed by atoms with Gasteiger partial charge in [0.2, 0.25) is 0 Å². The maximum Gasteiger partial charge on any atom is 0.120 e. The Labute approximate surface area is 84.5 Å². The fourth-order valence-electron chi connectivity index (χ4n) is 1.89. The van der Waals surface area contributed by atoms with Gasteiger partial charge in [-0.25, -0.2) is 0 Å². The molecule has 76 valence electrons. The lowest BCUT2D eigenvalue weighted by Crippen LogP contribution is -2.16. The molecule has 0 aliphatic heterocycles. The maximum atomic E-state index is 8.86. The first-order valence-electron chi connectivity index (χ1n) is 5.19. The molecule has 0 radical (unpaired) electrons. The highest BCUT2D eigenvalue weighted by Gasteiger charge is 2.11. The number of fused-ring (bicyclic) bond motifs is 1. The van der Waals surface area contributed by atoms with E-state index in [0.717, 1.165) is 5.75 Å². The van der Waals surface area contributed by atoms with E-state index in [1.807, 2.05) is 13.0 Å². The number of hydrogen-bond acceptors (Lipinski definition) is 2. The SMILES string of the molecule is CC(CO)Oc1ccc2c(c1)CCC2. The van der Waals surface area contributed by atoms with Crippen LogP contribution in [0, 0.1) is 0 Å². The Kier molecular flexibility index (Phi) is 2.73. The van der Waals surface area contributed by atoms with Crippen molar-refractivity contribution in [2.24, 2.45) is 0 Å². The van der Waals surface area contributed by atoms with E-state index in [2.05, 4.69) is 12.1 Å². The van der Waals surface area contributed by atoms with E-state index < -0.39 is 0 Å². The highest BCUT2D eigenvalue weighted by atomic mass is 16.5. The molecule has 0 saturated carbocycles. The first-order chi connectivity index (χ1) is 6.79. The van der Waals surface area contributed by atoms with Crippen molar-refractivity contribution in [3.8, 4) is 5.75 Å². The summed E-state index contributed by atoms with van der Waals surface area (Å²) in [4.78, 5) is 0. The van der Waals surface area contributed by atoms with Crippen LogP contribution in [0.1, 0.15) is 24.5 Å². The van der Waals surface area contributed by atoms with Crippen LogP contribution in [0.3, 0.4) is 0 Å². The van der Waals surface area contributed by atoms with Crippen molar-refractivity contribution in [2.75, 3.05) is 6.61 Å². The molecule has 0 fully saturated rings. The standard InChI is InChI=1S/C12H16O2/c1-9(8-13)14-12-6-5-10-3-2-4-11(10)7-12/h5-7,9,13H,2-4,8H2,1H3. The molecule has 0 aromatic heterocycles. The van der Waals surface area contributed by atoms with Gasteiger partial charge in [0.25, 0.3) is 0 Å². The lowest BCUT2D eigenvalue weighted by molar-refractivity contribution is 0.129. The topological polar surface area (TPSA) is 29.5 Å². The van der Waals surface area contributed by atoms with Crippen LogP contribution >= 0.6 is 0 Å². The van der Waals surface area contributed by atoms with Gasteiger partial charge in [0.15, 0.2) is 0 Å². The van der Waals surface area contributed by atoms with Gasteiger partial charge in [-0.2, -0.15) is 0 Å². The summed E-state index contributed by atoms with van der Waals surface area (Å²) in [5, 5.41) is 8.86. The van der Waals surface area contributed by atoms with Crippen molar-refractivity contribution in [3.05, 3.63) is 29.3 Å². The van der Waals surface area contributed by atoms with E-state index in [0.29, 0.717) is 0 Å². The minimum absolute atomic E-state index is 0.0666. The van der Waals surface area contributed by atoms with Gasteiger partial charge < -0.3 is 9.84 Å². The molecule has 2 rings (SSSR count). The number of aliphatic hydroxyl groups excluding tert-OH is 1. The third-order valence-corrected chi connectivity index (χ3v) is 2.66. The molecule has 0 bridgehead atoms. The maximum absolute atomic E-state index is 8.86. The van der Waals surface area contributed by atoms with Gasteiger partial charge in [-0.3, -0.25) is 0 Å². The minimum atomic E-state index is -0.116. The average Bonchev–Trinajstić information content (AvgIpc) is 2.64. The van der Waals surface area contributed by atoms with Crippen LogP contribution < -0.4 is 4.74 Å². The Hall–Kier alpha value is -1.02. The minimum Gasteiger partial charge on any atom is -0.488 e. The van der Waals surface area contributed by atoms with Gasteiger partial charge in [-0.05, 0) is 49.4 Å². The summed E-state index contributed by atoms with van der Waals surface area (Å²) >= 11 is 0. The van der Waals surface area contributed by atoms with E-state index in [1.54, 1.807) is 0 Å². The smallest absolute Gasteiger partial charge is 0.120 e. The summed E-state index contributed by atoms with van der Waals surface area (Å²) in [5.74, 6) is 0.882. The third kappa shape index (κ3) is 1.90. The second-order valence-electron chi connectivity index (χ2n) is 3.90. The van der Waals surface area contributed by atoms with Crippen LogP contribution in [-0.4, -0.2) is 17.8 Å². The Morgan fingerprint density at radius 1 is 1.36 bits per heavy atom. The molecular formula is C12H16O2. The van der Waals surface area contributed by atoms with Crippen LogP contribution in [0.4, 0.5) is 0 Å². The molecule has 1 unspecified atom stereocenters. The van der Waals surface area contributed by atoms with Crippen molar-refractivity contribution < 1.29 is 9.84 Å². The van der Waals surface area contributed by atoms with Crippen molar-refractivity contribution in [3.63, 3.8) is 0 Å². The van der Waals surface area contributed by atoms with Crippen molar-refractivity contribution in [1.82, 2.24) is 0 Å². The van der Waals surface area contributed by atoms with Crippen molar-refractivity contribution in [1.29, 1.82) is 0 Å². The summed E-state index contributed by atoms with van der Waals surface area (Å²) in [6, 6.07) is 6.24. The largest absolute Gasteiger partial charge is 0.488 e. The Balaban J connectivity index is 2.12. The summed E-state index contributed by atoms with van der Waals surface area (Å²) in [6.45, 7) is 1.93. The zero-order valence-corrected chi connectivity index (χ0v) is 8.49.